The Balaban J connectivity index is 0. The van der Waals surface area contributed by atoms with Crippen LogP contribution in [0.2, 0.25) is 0 Å². The van der Waals surface area contributed by atoms with Gasteiger partial charge in [0.2, 0.25) is 0 Å². The Morgan fingerprint density at radius 2 is 0.920 bits per heavy atom. The van der Waals surface area contributed by atoms with Gasteiger partial charge < -0.3 is 10.8 Å². The largest absolute Gasteiger partial charge is 0.481 e. The summed E-state index contributed by atoms with van der Waals surface area (Å²) in [6, 6.07) is 0. The molecule has 0 bridgehead atoms. The first-order valence-corrected chi connectivity index (χ1v) is 11.1. The van der Waals surface area contributed by atoms with Gasteiger partial charge in [0.15, 0.2) is 0 Å². The van der Waals surface area contributed by atoms with Gasteiger partial charge >= 0.3 is 5.97 Å². The van der Waals surface area contributed by atoms with E-state index in [2.05, 4.69) is 13.8 Å². The Morgan fingerprint density at radius 1 is 0.600 bits per heavy atom. The van der Waals surface area contributed by atoms with Crippen LogP contribution in [0.3, 0.4) is 0 Å². The van der Waals surface area contributed by atoms with Crippen LogP contribution in [0.5, 0.6) is 0 Å². The molecule has 0 aliphatic heterocycles. The topological polar surface area (TPSA) is 63.3 Å². The molecule has 0 aromatic carbocycles. The summed E-state index contributed by atoms with van der Waals surface area (Å²) < 4.78 is 0. The molecule has 0 aliphatic rings. The van der Waals surface area contributed by atoms with Crippen molar-refractivity contribution >= 4 is 5.97 Å². The number of rotatable bonds is 18. The SMILES string of the molecule is CCCCCCCCCCCC(=O)O.CCCCCCCCCCN. The number of hydrogen-bond acceptors (Lipinski definition) is 2. The fourth-order valence-electron chi connectivity index (χ4n) is 2.87. The molecule has 0 saturated carbocycles. The van der Waals surface area contributed by atoms with Gasteiger partial charge in [-0.15, -0.1) is 0 Å². The highest BCUT2D eigenvalue weighted by atomic mass is 16.4. The van der Waals surface area contributed by atoms with Crippen molar-refractivity contribution in [2.45, 2.75) is 129 Å². The molecule has 3 N–H and O–H groups in total. The van der Waals surface area contributed by atoms with Crippen LogP contribution in [-0.2, 0) is 4.79 Å². The van der Waals surface area contributed by atoms with Crippen LogP contribution in [0.4, 0.5) is 0 Å². The lowest BCUT2D eigenvalue weighted by Gasteiger charge is -2.00. The van der Waals surface area contributed by atoms with E-state index in [9.17, 15) is 4.79 Å². The van der Waals surface area contributed by atoms with Gasteiger partial charge in [0.1, 0.15) is 0 Å². The lowest BCUT2D eigenvalue weighted by atomic mass is 10.1. The number of nitrogens with two attached hydrogens (primary N) is 1. The molecule has 0 fully saturated rings. The van der Waals surface area contributed by atoms with E-state index in [1.54, 1.807) is 0 Å². The fraction of sp³-hybridized carbons (Fsp3) is 0.955. The van der Waals surface area contributed by atoms with Gasteiger partial charge in [-0.2, -0.15) is 0 Å². The first-order chi connectivity index (χ1) is 12.2. The quantitative estimate of drug-likeness (QED) is 0.258. The van der Waals surface area contributed by atoms with Crippen LogP contribution in [0, 0.1) is 0 Å². The predicted molar refractivity (Wildman–Crippen MR) is 111 cm³/mol. The minimum Gasteiger partial charge on any atom is -0.481 e. The van der Waals surface area contributed by atoms with E-state index in [1.165, 1.54) is 96.3 Å². The summed E-state index contributed by atoms with van der Waals surface area (Å²) in [4.78, 5) is 10.2. The highest BCUT2D eigenvalue weighted by molar-refractivity contribution is 5.66. The monoisotopic (exact) mass is 357 g/mol. The minimum absolute atomic E-state index is 0.343. The Labute approximate surface area is 158 Å². The molecule has 0 aliphatic carbocycles. The summed E-state index contributed by atoms with van der Waals surface area (Å²) in [5, 5.41) is 8.41. The first kappa shape index (κ1) is 26.7. The fourth-order valence-corrected chi connectivity index (χ4v) is 2.87. The van der Waals surface area contributed by atoms with Gasteiger partial charge in [0.05, 0.1) is 0 Å². The van der Waals surface area contributed by atoms with Gasteiger partial charge in [0, 0.05) is 6.42 Å². The van der Waals surface area contributed by atoms with Crippen molar-refractivity contribution in [1.29, 1.82) is 0 Å². The zero-order valence-corrected chi connectivity index (χ0v) is 17.4. The molecule has 0 amide bonds. The highest BCUT2D eigenvalue weighted by Gasteiger charge is 1.96. The highest BCUT2D eigenvalue weighted by Crippen LogP contribution is 2.10. The molecule has 0 radical (unpaired) electrons. The molecule has 0 aromatic rings. The molecule has 152 valence electrons. The molecule has 3 heteroatoms. The van der Waals surface area contributed by atoms with Crippen molar-refractivity contribution < 1.29 is 9.90 Å². The molecule has 0 unspecified atom stereocenters. The van der Waals surface area contributed by atoms with Crippen LogP contribution < -0.4 is 5.73 Å². The Hall–Kier alpha value is -0.570. The number of hydrogen-bond donors (Lipinski definition) is 2. The Bertz CT molecular complexity index is 236. The van der Waals surface area contributed by atoms with Crippen molar-refractivity contribution in [3.05, 3.63) is 0 Å². The van der Waals surface area contributed by atoms with Crippen LogP contribution in [0.1, 0.15) is 129 Å². The van der Waals surface area contributed by atoms with Crippen LogP contribution in [0.25, 0.3) is 0 Å². The van der Waals surface area contributed by atoms with Gasteiger partial charge in [0.25, 0.3) is 0 Å². The average Bonchev–Trinajstić information content (AvgIpc) is 2.60. The Morgan fingerprint density at radius 3 is 1.24 bits per heavy atom. The minimum atomic E-state index is -0.659. The first-order valence-electron chi connectivity index (χ1n) is 11.1. The van der Waals surface area contributed by atoms with E-state index in [1.807, 2.05) is 0 Å². The molecular formula is C22H47NO2. The predicted octanol–water partition coefficient (Wildman–Crippen LogP) is 7.08. The van der Waals surface area contributed by atoms with Crippen molar-refractivity contribution in [3.8, 4) is 0 Å². The van der Waals surface area contributed by atoms with E-state index in [0.717, 1.165) is 19.4 Å². The molecule has 0 spiro atoms. The maximum absolute atomic E-state index is 10.2. The lowest BCUT2D eigenvalue weighted by Crippen LogP contribution is -1.97. The molecule has 0 heterocycles. The second-order valence-electron chi connectivity index (χ2n) is 7.24. The van der Waals surface area contributed by atoms with Crippen LogP contribution >= 0.6 is 0 Å². The van der Waals surface area contributed by atoms with Gasteiger partial charge in [-0.25, -0.2) is 0 Å². The third-order valence-electron chi connectivity index (χ3n) is 4.55. The number of carbonyl (C=O) groups is 1. The number of unbranched alkanes of at least 4 members (excludes halogenated alkanes) is 15. The van der Waals surface area contributed by atoms with E-state index < -0.39 is 5.97 Å². The number of aliphatic carboxylic acids is 1. The standard InChI is InChI=1S/C12H24O2.C10H23N/c1-2-3-4-5-6-7-8-9-10-11-12(13)14;1-2-3-4-5-6-7-8-9-10-11/h2-11H2,1H3,(H,13,14);2-11H2,1H3. The average molecular weight is 358 g/mol. The zero-order valence-electron chi connectivity index (χ0n) is 17.4. The molecule has 0 aromatic heterocycles. The number of carboxylic acids is 1. The summed E-state index contributed by atoms with van der Waals surface area (Å²) in [7, 11) is 0. The summed E-state index contributed by atoms with van der Waals surface area (Å²) >= 11 is 0. The van der Waals surface area contributed by atoms with Gasteiger partial charge in [-0.05, 0) is 19.4 Å². The third-order valence-corrected chi connectivity index (χ3v) is 4.55. The molecule has 3 nitrogen and oxygen atoms in total. The second kappa shape index (κ2) is 25.7. The number of carboxylic acid groups (broad SMARTS) is 1. The normalized spacial score (nSPS) is 10.4. The second-order valence-corrected chi connectivity index (χ2v) is 7.24. The van der Waals surface area contributed by atoms with E-state index in [-0.39, 0.29) is 0 Å². The molecule has 0 rings (SSSR count). The van der Waals surface area contributed by atoms with Gasteiger partial charge in [-0.3, -0.25) is 4.79 Å². The van der Waals surface area contributed by atoms with E-state index in [0.29, 0.717) is 6.42 Å². The third kappa shape index (κ3) is 31.7. The van der Waals surface area contributed by atoms with E-state index in [4.69, 9.17) is 10.8 Å². The lowest BCUT2D eigenvalue weighted by molar-refractivity contribution is -0.137. The molecule has 0 atom stereocenters. The summed E-state index contributed by atoms with van der Waals surface area (Å²) in [6.45, 7) is 5.36. The maximum atomic E-state index is 10.2. The summed E-state index contributed by atoms with van der Waals surface area (Å²) in [5.74, 6) is -0.659. The molecule has 25 heavy (non-hydrogen) atoms. The Kier molecular flexibility index (Phi) is 27.4. The van der Waals surface area contributed by atoms with Crippen molar-refractivity contribution in [2.24, 2.45) is 5.73 Å². The molecule has 0 saturated heterocycles. The van der Waals surface area contributed by atoms with Crippen molar-refractivity contribution in [3.63, 3.8) is 0 Å². The van der Waals surface area contributed by atoms with Gasteiger partial charge in [-0.1, -0.05) is 110 Å². The summed E-state index contributed by atoms with van der Waals surface area (Å²) in [5.41, 5.74) is 5.39. The van der Waals surface area contributed by atoms with Crippen LogP contribution in [0.15, 0.2) is 0 Å². The van der Waals surface area contributed by atoms with Crippen LogP contribution in [-0.4, -0.2) is 17.6 Å². The molecular weight excluding hydrogens is 310 g/mol. The summed E-state index contributed by atoms with van der Waals surface area (Å²) in [6.07, 6.45) is 22.5. The smallest absolute Gasteiger partial charge is 0.303 e. The zero-order chi connectivity index (χ0) is 19.0. The maximum Gasteiger partial charge on any atom is 0.303 e. The van der Waals surface area contributed by atoms with Crippen molar-refractivity contribution in [1.82, 2.24) is 0 Å². The van der Waals surface area contributed by atoms with Crippen molar-refractivity contribution in [2.75, 3.05) is 6.54 Å². The van der Waals surface area contributed by atoms with E-state index >= 15 is 0 Å².